The smallest absolute Gasteiger partial charge is 0.120 e. The molecular formula is C14H23N3O. The van der Waals surface area contributed by atoms with Gasteiger partial charge in [0.1, 0.15) is 11.8 Å². The second-order valence-electron chi connectivity index (χ2n) is 5.43. The van der Waals surface area contributed by atoms with Crippen molar-refractivity contribution >= 4 is 0 Å². The van der Waals surface area contributed by atoms with Gasteiger partial charge >= 0.3 is 0 Å². The molecule has 0 spiro atoms. The van der Waals surface area contributed by atoms with E-state index in [4.69, 9.17) is 5.26 Å². The zero-order chi connectivity index (χ0) is 13.9. The van der Waals surface area contributed by atoms with E-state index in [-0.39, 0.29) is 0 Å². The van der Waals surface area contributed by atoms with Crippen LogP contribution in [0, 0.1) is 18.3 Å². The molecule has 1 aromatic heterocycles. The molecule has 1 aromatic rings. The van der Waals surface area contributed by atoms with Gasteiger partial charge < -0.3 is 9.67 Å². The van der Waals surface area contributed by atoms with Crippen LogP contribution in [0.5, 0.6) is 0 Å². The van der Waals surface area contributed by atoms with E-state index >= 15 is 0 Å². The fourth-order valence-electron chi connectivity index (χ4n) is 2.10. The van der Waals surface area contributed by atoms with Crippen LogP contribution in [0.1, 0.15) is 37.7 Å². The lowest BCUT2D eigenvalue weighted by Crippen LogP contribution is -2.38. The first-order valence-electron chi connectivity index (χ1n) is 6.28. The molecule has 0 amide bonds. The van der Waals surface area contributed by atoms with Crippen LogP contribution in [0.15, 0.2) is 6.07 Å². The van der Waals surface area contributed by atoms with Crippen LogP contribution in [0.3, 0.4) is 0 Å². The molecule has 0 aliphatic carbocycles. The third-order valence-corrected chi connectivity index (χ3v) is 3.21. The Kier molecular flexibility index (Phi) is 4.55. The first kappa shape index (κ1) is 14.7. The minimum atomic E-state index is -0.698. The quantitative estimate of drug-likeness (QED) is 0.865. The van der Waals surface area contributed by atoms with Crippen LogP contribution in [0.25, 0.3) is 0 Å². The van der Waals surface area contributed by atoms with E-state index in [2.05, 4.69) is 17.9 Å². The third-order valence-electron chi connectivity index (χ3n) is 3.21. The molecule has 0 aliphatic heterocycles. The predicted molar refractivity (Wildman–Crippen MR) is 72.1 cm³/mol. The van der Waals surface area contributed by atoms with Gasteiger partial charge in [-0.15, -0.1) is 0 Å². The van der Waals surface area contributed by atoms with Crippen molar-refractivity contribution in [1.82, 2.24) is 9.47 Å². The Labute approximate surface area is 109 Å². The highest BCUT2D eigenvalue weighted by atomic mass is 16.3. The molecule has 0 radical (unpaired) electrons. The number of nitriles is 1. The monoisotopic (exact) mass is 249 g/mol. The topological polar surface area (TPSA) is 52.2 Å². The molecule has 0 unspecified atom stereocenters. The highest BCUT2D eigenvalue weighted by Gasteiger charge is 2.19. The first-order valence-corrected chi connectivity index (χ1v) is 6.28. The van der Waals surface area contributed by atoms with E-state index < -0.39 is 5.60 Å². The standard InChI is InChI=1S/C14H23N3O/c1-6-17(10-14(3,4)18)9-12-7-13(8-15)16(5)11(12)2/h7,18H,6,9-10H2,1-5H3. The Bertz CT molecular complexity index is 449. The Balaban J connectivity index is 2.86. The largest absolute Gasteiger partial charge is 0.389 e. The molecule has 100 valence electrons. The SMILES string of the molecule is CCN(Cc1cc(C#N)n(C)c1C)CC(C)(C)O. The van der Waals surface area contributed by atoms with Crippen molar-refractivity contribution in [3.05, 3.63) is 23.0 Å². The van der Waals surface area contributed by atoms with Crippen molar-refractivity contribution in [2.45, 2.75) is 39.8 Å². The second kappa shape index (κ2) is 5.55. The Morgan fingerprint density at radius 1 is 1.50 bits per heavy atom. The van der Waals surface area contributed by atoms with Crippen molar-refractivity contribution in [1.29, 1.82) is 5.26 Å². The summed E-state index contributed by atoms with van der Waals surface area (Å²) < 4.78 is 1.91. The average molecular weight is 249 g/mol. The molecule has 0 aliphatic rings. The van der Waals surface area contributed by atoms with Gasteiger partial charge in [0.2, 0.25) is 0 Å². The second-order valence-corrected chi connectivity index (χ2v) is 5.43. The van der Waals surface area contributed by atoms with Crippen LogP contribution in [0.4, 0.5) is 0 Å². The first-order chi connectivity index (χ1) is 8.28. The van der Waals surface area contributed by atoms with Crippen molar-refractivity contribution in [2.24, 2.45) is 7.05 Å². The van der Waals surface area contributed by atoms with Crippen LogP contribution >= 0.6 is 0 Å². The maximum absolute atomic E-state index is 9.87. The summed E-state index contributed by atoms with van der Waals surface area (Å²) in [6.07, 6.45) is 0. The molecule has 1 rings (SSSR count). The summed E-state index contributed by atoms with van der Waals surface area (Å²) in [6, 6.07) is 4.12. The molecule has 0 aromatic carbocycles. The number of aliphatic hydroxyl groups is 1. The average Bonchev–Trinajstić information content (AvgIpc) is 2.54. The minimum Gasteiger partial charge on any atom is -0.389 e. The van der Waals surface area contributed by atoms with E-state index in [1.165, 1.54) is 0 Å². The van der Waals surface area contributed by atoms with Crippen molar-refractivity contribution in [3.8, 4) is 6.07 Å². The molecule has 0 bridgehead atoms. The highest BCUT2D eigenvalue weighted by molar-refractivity contribution is 5.34. The van der Waals surface area contributed by atoms with Gasteiger partial charge in [0.15, 0.2) is 0 Å². The van der Waals surface area contributed by atoms with E-state index in [1.54, 1.807) is 0 Å². The molecule has 0 saturated carbocycles. The lowest BCUT2D eigenvalue weighted by atomic mass is 10.1. The van der Waals surface area contributed by atoms with Gasteiger partial charge in [-0.05, 0) is 38.9 Å². The maximum atomic E-state index is 9.87. The Morgan fingerprint density at radius 2 is 2.11 bits per heavy atom. The van der Waals surface area contributed by atoms with Gasteiger partial charge in [0.25, 0.3) is 0 Å². The van der Waals surface area contributed by atoms with Crippen molar-refractivity contribution in [2.75, 3.05) is 13.1 Å². The molecule has 0 fully saturated rings. The van der Waals surface area contributed by atoms with Gasteiger partial charge in [-0.1, -0.05) is 6.92 Å². The summed E-state index contributed by atoms with van der Waals surface area (Å²) in [5.74, 6) is 0. The van der Waals surface area contributed by atoms with Gasteiger partial charge in [0.05, 0.1) is 5.60 Å². The molecule has 1 N–H and O–H groups in total. The van der Waals surface area contributed by atoms with E-state index in [1.807, 2.05) is 38.5 Å². The zero-order valence-electron chi connectivity index (χ0n) is 12.0. The van der Waals surface area contributed by atoms with Gasteiger partial charge in [-0.25, -0.2) is 0 Å². The summed E-state index contributed by atoms with van der Waals surface area (Å²) in [6.45, 7) is 9.99. The predicted octanol–water partition coefficient (Wildman–Crippen LogP) is 1.80. The lowest BCUT2D eigenvalue weighted by molar-refractivity contribution is 0.0353. The normalized spacial score (nSPS) is 11.9. The van der Waals surface area contributed by atoms with Crippen molar-refractivity contribution < 1.29 is 5.11 Å². The number of hydrogen-bond donors (Lipinski definition) is 1. The van der Waals surface area contributed by atoms with Gasteiger partial charge in [0, 0.05) is 25.8 Å². The summed E-state index contributed by atoms with van der Waals surface area (Å²) in [7, 11) is 1.91. The number of likely N-dealkylation sites (N-methyl/N-ethyl adjacent to an activating group) is 1. The van der Waals surface area contributed by atoms with Crippen LogP contribution in [0.2, 0.25) is 0 Å². The van der Waals surface area contributed by atoms with Crippen LogP contribution < -0.4 is 0 Å². The summed E-state index contributed by atoms with van der Waals surface area (Å²) in [5.41, 5.74) is 2.25. The molecule has 4 heteroatoms. The van der Waals surface area contributed by atoms with Gasteiger partial charge in [-0.3, -0.25) is 4.90 Å². The number of nitrogens with zero attached hydrogens (tertiary/aromatic N) is 3. The van der Waals surface area contributed by atoms with E-state index in [0.29, 0.717) is 12.2 Å². The lowest BCUT2D eigenvalue weighted by Gasteiger charge is -2.27. The van der Waals surface area contributed by atoms with E-state index in [9.17, 15) is 5.11 Å². The Morgan fingerprint density at radius 3 is 2.50 bits per heavy atom. The Hall–Kier alpha value is -1.31. The fraction of sp³-hybridized carbons (Fsp3) is 0.643. The van der Waals surface area contributed by atoms with Crippen LogP contribution in [-0.4, -0.2) is 33.3 Å². The fourth-order valence-corrected chi connectivity index (χ4v) is 2.10. The van der Waals surface area contributed by atoms with Crippen molar-refractivity contribution in [3.63, 3.8) is 0 Å². The molecule has 1 heterocycles. The summed E-state index contributed by atoms with van der Waals surface area (Å²) >= 11 is 0. The summed E-state index contributed by atoms with van der Waals surface area (Å²) in [4.78, 5) is 2.18. The van der Waals surface area contributed by atoms with Crippen LogP contribution in [-0.2, 0) is 13.6 Å². The number of rotatable bonds is 5. The molecule has 18 heavy (non-hydrogen) atoms. The molecule has 4 nitrogen and oxygen atoms in total. The molecule has 0 atom stereocenters. The number of hydrogen-bond acceptors (Lipinski definition) is 3. The zero-order valence-corrected chi connectivity index (χ0v) is 12.0. The van der Waals surface area contributed by atoms with E-state index in [0.717, 1.165) is 24.3 Å². The molecular weight excluding hydrogens is 226 g/mol. The molecule has 0 saturated heterocycles. The minimum absolute atomic E-state index is 0.625. The summed E-state index contributed by atoms with van der Waals surface area (Å²) in [5, 5.41) is 18.9. The number of aromatic nitrogens is 1. The third kappa shape index (κ3) is 3.59. The van der Waals surface area contributed by atoms with Gasteiger partial charge in [-0.2, -0.15) is 5.26 Å². The maximum Gasteiger partial charge on any atom is 0.120 e. The highest BCUT2D eigenvalue weighted by Crippen LogP contribution is 2.17.